The number of aliphatic hydroxyl groups is 1. The molecule has 3 rings (SSSR count). The number of ether oxygens (including phenoxy) is 1. The van der Waals surface area contributed by atoms with Crippen LogP contribution in [0.2, 0.25) is 0 Å². The zero-order valence-corrected chi connectivity index (χ0v) is 14.8. The maximum absolute atomic E-state index is 12.7. The normalized spacial score (nSPS) is 15.3. The third kappa shape index (κ3) is 3.41. The van der Waals surface area contributed by atoms with E-state index in [4.69, 9.17) is 4.74 Å². The SMILES string of the molecule is COc1cccc([C@@H](CO)NC(=O)C(C)N2Cc3ccccc3C2=O)c1. The van der Waals surface area contributed by atoms with Gasteiger partial charge in [0, 0.05) is 12.1 Å². The Labute approximate surface area is 152 Å². The van der Waals surface area contributed by atoms with Crippen molar-refractivity contribution < 1.29 is 19.4 Å². The summed E-state index contributed by atoms with van der Waals surface area (Å²) in [4.78, 5) is 26.7. The van der Waals surface area contributed by atoms with Gasteiger partial charge in [-0.05, 0) is 36.2 Å². The second-order valence-corrected chi connectivity index (χ2v) is 6.29. The molecule has 6 heteroatoms. The topological polar surface area (TPSA) is 78.9 Å². The highest BCUT2D eigenvalue weighted by Crippen LogP contribution is 2.25. The molecule has 0 bridgehead atoms. The molecule has 0 spiro atoms. The number of hydrogen-bond acceptors (Lipinski definition) is 4. The predicted molar refractivity (Wildman–Crippen MR) is 96.7 cm³/mol. The van der Waals surface area contributed by atoms with E-state index in [1.807, 2.05) is 24.3 Å². The molecule has 2 aromatic rings. The van der Waals surface area contributed by atoms with E-state index in [1.165, 1.54) is 0 Å². The van der Waals surface area contributed by atoms with E-state index < -0.39 is 12.1 Å². The maximum atomic E-state index is 12.7. The van der Waals surface area contributed by atoms with Gasteiger partial charge >= 0.3 is 0 Å². The molecular formula is C20H22N2O4. The molecule has 0 radical (unpaired) electrons. The summed E-state index contributed by atoms with van der Waals surface area (Å²) in [5, 5.41) is 12.5. The number of carbonyl (C=O) groups excluding carboxylic acids is 2. The van der Waals surface area contributed by atoms with Gasteiger partial charge in [-0.15, -0.1) is 0 Å². The number of amides is 2. The van der Waals surface area contributed by atoms with Gasteiger partial charge in [-0.1, -0.05) is 30.3 Å². The molecule has 1 heterocycles. The minimum atomic E-state index is -0.644. The molecule has 1 unspecified atom stereocenters. The first-order chi connectivity index (χ1) is 12.5. The van der Waals surface area contributed by atoms with Crippen LogP contribution in [0.5, 0.6) is 5.75 Å². The molecule has 2 aromatic carbocycles. The van der Waals surface area contributed by atoms with Crippen molar-refractivity contribution in [3.8, 4) is 5.75 Å². The highest BCUT2D eigenvalue weighted by molar-refractivity contribution is 6.01. The Kier molecular flexibility index (Phi) is 5.23. The van der Waals surface area contributed by atoms with Crippen molar-refractivity contribution in [2.45, 2.75) is 25.6 Å². The Morgan fingerprint density at radius 2 is 2.04 bits per heavy atom. The number of fused-ring (bicyclic) bond motifs is 1. The fraction of sp³-hybridized carbons (Fsp3) is 0.300. The van der Waals surface area contributed by atoms with Crippen molar-refractivity contribution >= 4 is 11.8 Å². The van der Waals surface area contributed by atoms with Crippen molar-refractivity contribution in [1.82, 2.24) is 10.2 Å². The van der Waals surface area contributed by atoms with E-state index >= 15 is 0 Å². The van der Waals surface area contributed by atoms with Crippen LogP contribution >= 0.6 is 0 Å². The number of benzene rings is 2. The summed E-state index contributed by atoms with van der Waals surface area (Å²) in [7, 11) is 1.56. The number of hydrogen-bond donors (Lipinski definition) is 2. The smallest absolute Gasteiger partial charge is 0.255 e. The number of rotatable bonds is 6. The van der Waals surface area contributed by atoms with Crippen LogP contribution in [0, 0.1) is 0 Å². The largest absolute Gasteiger partial charge is 0.497 e. The maximum Gasteiger partial charge on any atom is 0.255 e. The highest BCUT2D eigenvalue weighted by Gasteiger charge is 2.34. The first-order valence-electron chi connectivity index (χ1n) is 8.49. The summed E-state index contributed by atoms with van der Waals surface area (Å²) in [6.07, 6.45) is 0. The lowest BCUT2D eigenvalue weighted by Gasteiger charge is -2.26. The molecule has 0 aliphatic carbocycles. The Morgan fingerprint density at radius 3 is 2.73 bits per heavy atom. The van der Waals surface area contributed by atoms with Crippen molar-refractivity contribution in [3.63, 3.8) is 0 Å². The molecule has 0 saturated carbocycles. The molecule has 0 fully saturated rings. The standard InChI is InChI=1S/C20H22N2O4/c1-13(22-11-15-6-3-4-9-17(15)20(22)25)19(24)21-18(12-23)14-7-5-8-16(10-14)26-2/h3-10,13,18,23H,11-12H2,1-2H3,(H,21,24)/t13?,18-/m1/s1. The number of carbonyl (C=O) groups is 2. The fourth-order valence-electron chi connectivity index (χ4n) is 3.12. The number of methoxy groups -OCH3 is 1. The summed E-state index contributed by atoms with van der Waals surface area (Å²) in [6.45, 7) is 1.85. The molecule has 2 N–H and O–H groups in total. The van der Waals surface area contributed by atoms with E-state index in [2.05, 4.69) is 5.32 Å². The Hall–Kier alpha value is -2.86. The van der Waals surface area contributed by atoms with E-state index in [1.54, 1.807) is 43.2 Å². The van der Waals surface area contributed by atoms with E-state index in [0.717, 1.165) is 11.1 Å². The van der Waals surface area contributed by atoms with Gasteiger partial charge in [0.15, 0.2) is 0 Å². The third-order valence-corrected chi connectivity index (χ3v) is 4.69. The Morgan fingerprint density at radius 1 is 1.27 bits per heavy atom. The molecule has 136 valence electrons. The van der Waals surface area contributed by atoms with Gasteiger partial charge in [0.05, 0.1) is 19.8 Å². The van der Waals surface area contributed by atoms with E-state index in [0.29, 0.717) is 17.9 Å². The van der Waals surface area contributed by atoms with Crippen molar-refractivity contribution in [2.24, 2.45) is 0 Å². The van der Waals surface area contributed by atoms with Gasteiger partial charge in [0.1, 0.15) is 11.8 Å². The third-order valence-electron chi connectivity index (χ3n) is 4.69. The Balaban J connectivity index is 1.71. The minimum absolute atomic E-state index is 0.148. The van der Waals surface area contributed by atoms with Gasteiger partial charge in [-0.25, -0.2) is 0 Å². The van der Waals surface area contributed by atoms with Crippen LogP contribution < -0.4 is 10.1 Å². The van der Waals surface area contributed by atoms with Crippen molar-refractivity contribution in [2.75, 3.05) is 13.7 Å². The molecule has 6 nitrogen and oxygen atoms in total. The lowest BCUT2D eigenvalue weighted by molar-refractivity contribution is -0.126. The van der Waals surface area contributed by atoms with E-state index in [-0.39, 0.29) is 18.4 Å². The van der Waals surface area contributed by atoms with Gasteiger partial charge < -0.3 is 20.1 Å². The van der Waals surface area contributed by atoms with Gasteiger partial charge in [-0.3, -0.25) is 9.59 Å². The van der Waals surface area contributed by atoms with Crippen LogP contribution in [-0.2, 0) is 11.3 Å². The number of aliphatic hydroxyl groups excluding tert-OH is 1. The molecule has 26 heavy (non-hydrogen) atoms. The molecule has 2 amide bonds. The number of nitrogens with zero attached hydrogens (tertiary/aromatic N) is 1. The summed E-state index contributed by atoms with van der Waals surface area (Å²) >= 11 is 0. The minimum Gasteiger partial charge on any atom is -0.497 e. The zero-order valence-electron chi connectivity index (χ0n) is 14.8. The van der Waals surface area contributed by atoms with Gasteiger partial charge in [-0.2, -0.15) is 0 Å². The van der Waals surface area contributed by atoms with Crippen LogP contribution in [-0.4, -0.2) is 41.6 Å². The first kappa shape index (κ1) is 17.9. The lowest BCUT2D eigenvalue weighted by Crippen LogP contribution is -2.46. The van der Waals surface area contributed by atoms with Gasteiger partial charge in [0.25, 0.3) is 5.91 Å². The Bertz CT molecular complexity index is 821. The van der Waals surface area contributed by atoms with Crippen LogP contribution in [0.15, 0.2) is 48.5 Å². The summed E-state index contributed by atoms with van der Waals surface area (Å²) < 4.78 is 5.19. The lowest BCUT2D eigenvalue weighted by atomic mass is 10.1. The summed E-state index contributed by atoms with van der Waals surface area (Å²) in [6, 6.07) is 13.3. The monoisotopic (exact) mass is 354 g/mol. The van der Waals surface area contributed by atoms with Crippen molar-refractivity contribution in [3.05, 3.63) is 65.2 Å². The number of nitrogens with one attached hydrogen (secondary N) is 1. The molecule has 1 aliphatic heterocycles. The van der Waals surface area contributed by atoms with Crippen LogP contribution in [0.3, 0.4) is 0 Å². The van der Waals surface area contributed by atoms with Crippen molar-refractivity contribution in [1.29, 1.82) is 0 Å². The molecular weight excluding hydrogens is 332 g/mol. The van der Waals surface area contributed by atoms with Crippen LogP contribution in [0.1, 0.15) is 34.5 Å². The average molecular weight is 354 g/mol. The van der Waals surface area contributed by atoms with Crippen LogP contribution in [0.4, 0.5) is 0 Å². The fourth-order valence-corrected chi connectivity index (χ4v) is 3.12. The highest BCUT2D eigenvalue weighted by atomic mass is 16.5. The first-order valence-corrected chi connectivity index (χ1v) is 8.49. The molecule has 0 saturated heterocycles. The quantitative estimate of drug-likeness (QED) is 0.830. The second kappa shape index (κ2) is 7.58. The molecule has 0 aromatic heterocycles. The predicted octanol–water partition coefficient (Wildman–Crippen LogP) is 1.89. The van der Waals surface area contributed by atoms with Crippen LogP contribution in [0.25, 0.3) is 0 Å². The summed E-state index contributed by atoms with van der Waals surface area (Å²) in [5.74, 6) is 0.187. The molecule has 1 aliphatic rings. The second-order valence-electron chi connectivity index (χ2n) is 6.29. The zero-order chi connectivity index (χ0) is 18.7. The average Bonchev–Trinajstić information content (AvgIpc) is 3.02. The summed E-state index contributed by atoms with van der Waals surface area (Å²) in [5.41, 5.74) is 2.30. The van der Waals surface area contributed by atoms with Gasteiger partial charge in [0.2, 0.25) is 5.91 Å². The van der Waals surface area contributed by atoms with E-state index in [9.17, 15) is 14.7 Å². The molecule has 2 atom stereocenters.